The predicted molar refractivity (Wildman–Crippen MR) is 322 cm³/mol. The largest absolute Gasteiger partial charge is 0.507 e. The summed E-state index contributed by atoms with van der Waals surface area (Å²) < 4.78 is 12.6. The number of aromatic nitrogens is 5. The number of fused-ring (bicyclic) bond motifs is 2. The van der Waals surface area contributed by atoms with Crippen molar-refractivity contribution in [3.8, 4) is 33.3 Å². The molecule has 19 nitrogen and oxygen atoms in total. The fourth-order valence-corrected chi connectivity index (χ4v) is 15.0. The number of nitrogens with two attached hydrogens (primary N) is 1. The highest BCUT2D eigenvalue weighted by Gasteiger charge is 2.45. The molecule has 5 saturated heterocycles. The number of aliphatic hydroxyl groups is 1. The Kier molecular flexibility index (Phi) is 16.4. The first-order valence-corrected chi connectivity index (χ1v) is 31.1. The van der Waals surface area contributed by atoms with Crippen molar-refractivity contribution in [1.82, 2.24) is 45.3 Å². The van der Waals surface area contributed by atoms with E-state index in [0.29, 0.717) is 64.7 Å². The summed E-state index contributed by atoms with van der Waals surface area (Å²) in [5, 5.41) is 37.6. The van der Waals surface area contributed by atoms with E-state index < -0.39 is 18.1 Å². The average molecular weight is 1150 g/mol. The van der Waals surface area contributed by atoms with Crippen LogP contribution in [0.15, 0.2) is 89.0 Å². The number of hydrogen-bond acceptors (Lipinski definition) is 18. The number of nitrogens with zero attached hydrogens (tertiary/aromatic N) is 11. The van der Waals surface area contributed by atoms with Gasteiger partial charge in [-0.15, -0.1) is 21.5 Å². The molecule has 8 atom stereocenters. The average Bonchev–Trinajstić information content (AvgIpc) is 4.46. The highest BCUT2D eigenvalue weighted by Crippen LogP contribution is 2.42. The van der Waals surface area contributed by atoms with Crippen molar-refractivity contribution in [3.05, 3.63) is 102 Å². The van der Waals surface area contributed by atoms with Gasteiger partial charge in [0.15, 0.2) is 17.4 Å². The minimum Gasteiger partial charge on any atom is -0.507 e. The second-order valence-corrected chi connectivity index (χ2v) is 25.7. The second-order valence-electron chi connectivity index (χ2n) is 24.9. The number of piperazine rings is 2. The number of nitrogen functional groups attached to an aromatic ring is 1. The second kappa shape index (κ2) is 24.0. The van der Waals surface area contributed by atoms with Crippen molar-refractivity contribution in [3.63, 3.8) is 0 Å². The lowest BCUT2D eigenvalue weighted by Gasteiger charge is -2.49. The van der Waals surface area contributed by atoms with Gasteiger partial charge in [-0.05, 0) is 119 Å². The number of hydrogen-bond donors (Lipinski definition) is 4. The van der Waals surface area contributed by atoms with E-state index in [-0.39, 0.29) is 48.6 Å². The third kappa shape index (κ3) is 11.9. The molecular formula is C63H81N13O6S. The molecule has 0 radical (unpaired) electrons. The van der Waals surface area contributed by atoms with Crippen LogP contribution in [0.2, 0.25) is 0 Å². The molecule has 2 aromatic carbocycles. The molecule has 6 aliphatic rings. The van der Waals surface area contributed by atoms with E-state index in [0.717, 1.165) is 130 Å². The lowest BCUT2D eigenvalue weighted by Crippen LogP contribution is -2.59. The molecule has 12 rings (SSSR count). The molecule has 9 heterocycles. The molecule has 2 bridgehead atoms. The number of carbonyl (C=O) groups is 2. The zero-order valence-electron chi connectivity index (χ0n) is 48.8. The van der Waals surface area contributed by atoms with Gasteiger partial charge in [0, 0.05) is 119 Å². The van der Waals surface area contributed by atoms with Crippen LogP contribution >= 0.6 is 11.3 Å². The molecule has 0 spiro atoms. The highest BCUT2D eigenvalue weighted by atomic mass is 32.1. The van der Waals surface area contributed by atoms with Gasteiger partial charge in [-0.3, -0.25) is 19.4 Å². The minimum absolute atomic E-state index is 0.0862. The molecule has 20 heteroatoms. The van der Waals surface area contributed by atoms with Crippen LogP contribution in [-0.2, 0) is 9.59 Å². The van der Waals surface area contributed by atoms with Gasteiger partial charge in [0.05, 0.1) is 39.6 Å². The number of β-amino-alcohol motifs (C(OH)–C–C–N with tert-alkyl or cyclic N) is 1. The Morgan fingerprint density at radius 3 is 2.23 bits per heavy atom. The third-order valence-corrected chi connectivity index (χ3v) is 20.1. The summed E-state index contributed by atoms with van der Waals surface area (Å²) in [6, 6.07) is 23.8. The Morgan fingerprint density at radius 1 is 0.831 bits per heavy atom. The fourth-order valence-electron chi connectivity index (χ4n) is 14.2. The quantitative estimate of drug-likeness (QED) is 0.0677. The molecular weight excluding hydrogens is 1070 g/mol. The Bertz CT molecular complexity index is 3220. The van der Waals surface area contributed by atoms with E-state index in [9.17, 15) is 19.8 Å². The van der Waals surface area contributed by atoms with Crippen molar-refractivity contribution < 1.29 is 29.1 Å². The van der Waals surface area contributed by atoms with Gasteiger partial charge in [-0.25, -0.2) is 9.97 Å². The number of anilines is 4. The van der Waals surface area contributed by atoms with E-state index >= 15 is 0 Å². The van der Waals surface area contributed by atoms with Gasteiger partial charge in [0.25, 0.3) is 0 Å². The number of aliphatic hydroxyl groups excluding tert-OH is 1. The lowest BCUT2D eigenvalue weighted by molar-refractivity contribution is -0.141. The van der Waals surface area contributed by atoms with Crippen LogP contribution in [0.1, 0.15) is 109 Å². The summed E-state index contributed by atoms with van der Waals surface area (Å²) in [7, 11) is 0. The van der Waals surface area contributed by atoms with Crippen LogP contribution in [0.5, 0.6) is 11.6 Å². The molecule has 4 unspecified atom stereocenters. The van der Waals surface area contributed by atoms with Crippen LogP contribution in [-0.4, -0.2) is 163 Å². The molecule has 5 N–H and O–H groups in total. The molecule has 1 saturated carbocycles. The van der Waals surface area contributed by atoms with Gasteiger partial charge in [0.2, 0.25) is 17.7 Å². The molecule has 4 aromatic heterocycles. The Morgan fingerprint density at radius 2 is 1.54 bits per heavy atom. The first-order valence-electron chi connectivity index (χ1n) is 30.2. The summed E-state index contributed by atoms with van der Waals surface area (Å²) in [6.45, 7) is 20.4. The van der Waals surface area contributed by atoms with Crippen molar-refractivity contribution in [2.75, 3.05) is 79.3 Å². The number of phenolic OH excluding ortho intramolecular Hbond substituents is 1. The number of ether oxygens (including phenoxy) is 1. The SMILES string of the molecule is Cc1ncsc1-c1ccc([C@H](C)NC(=O)[C@@H]2C[C@@H](O)CN2C(=O)[C@@H](c2cc(N3CCC(CN4CCN(CC5CC(Oc6cc(N7C8CCC7CN(c7cc(-c9ccccc9O)nnc7N)C8)ccn6)C5)C(C)C4C)CC3)no2)C(C)C)cc1. The number of aryl methyl sites for hydroxylation is 1. The van der Waals surface area contributed by atoms with Crippen molar-refractivity contribution >= 4 is 46.2 Å². The van der Waals surface area contributed by atoms with Crippen LogP contribution in [0.3, 0.4) is 0 Å². The molecule has 5 aliphatic heterocycles. The van der Waals surface area contributed by atoms with Gasteiger partial charge in [-0.1, -0.05) is 55.4 Å². The maximum Gasteiger partial charge on any atom is 0.243 e. The maximum atomic E-state index is 14.5. The van der Waals surface area contributed by atoms with Crippen LogP contribution in [0.4, 0.5) is 23.0 Å². The smallest absolute Gasteiger partial charge is 0.243 e. The number of pyridine rings is 1. The van der Waals surface area contributed by atoms with Gasteiger partial charge in [-0.2, -0.15) is 0 Å². The Balaban J connectivity index is 0.581. The third-order valence-electron chi connectivity index (χ3n) is 19.1. The Hall–Kier alpha value is -6.87. The standard InChI is InChI=1S/C63H81N13O6S/c1-37(2)59(63(80)75-35-49(77)28-54(75)62(79)67-38(3)44-11-13-45(14-12-44)60-39(4)66-36-83-60)56-30-57(70-82-56)71-21-18-42(19-22-71)31-72-23-24-73(41(6)40(72)5)32-43-25-50(26-43)81-58-27-46(17-20-65-58)76-47-15-16-48(76)34-74(33-47)53-29-52(68-69-61(53)64)51-9-7-8-10-55(51)78/h7-14,17,20,27,29-30,36-38,40-43,47-50,54,59,77-78H,15-16,18-19,21-26,28,31-35H2,1-6H3,(H2,64,69)(H,67,79)/t38-,40?,41?,43?,47?,48?,49+,50?,54-,59+/m0/s1. The summed E-state index contributed by atoms with van der Waals surface area (Å²) in [6.07, 6.45) is 7.78. The maximum absolute atomic E-state index is 14.5. The molecule has 440 valence electrons. The van der Waals surface area contributed by atoms with E-state index in [1.54, 1.807) is 28.4 Å². The molecule has 6 fully saturated rings. The number of carbonyl (C=O) groups excluding carboxylic acids is 2. The zero-order chi connectivity index (χ0) is 57.6. The van der Waals surface area contributed by atoms with Crippen LogP contribution in [0, 0.1) is 24.7 Å². The van der Waals surface area contributed by atoms with Crippen LogP contribution in [0.25, 0.3) is 21.7 Å². The number of nitrogens with one attached hydrogen (secondary N) is 1. The van der Waals surface area contributed by atoms with Crippen molar-refractivity contribution in [2.24, 2.45) is 17.8 Å². The summed E-state index contributed by atoms with van der Waals surface area (Å²) in [4.78, 5) is 52.6. The Labute approximate surface area is 491 Å². The first kappa shape index (κ1) is 56.6. The number of thiazole rings is 1. The monoisotopic (exact) mass is 1150 g/mol. The molecule has 1 aliphatic carbocycles. The summed E-state index contributed by atoms with van der Waals surface area (Å²) in [5.74, 6) is 2.38. The number of phenols is 1. The predicted octanol–water partition coefficient (Wildman–Crippen LogP) is 8.15. The van der Waals surface area contributed by atoms with Crippen molar-refractivity contribution in [1.29, 1.82) is 0 Å². The normalized spacial score (nSPS) is 25.9. The lowest BCUT2D eigenvalue weighted by atomic mass is 9.81. The molecule has 83 heavy (non-hydrogen) atoms. The van der Waals surface area contributed by atoms with Crippen molar-refractivity contribution in [2.45, 2.75) is 141 Å². The number of amides is 2. The fraction of sp³-hybridized carbons (Fsp3) is 0.540. The van der Waals surface area contributed by atoms with E-state index in [1.165, 1.54) is 0 Å². The number of rotatable bonds is 17. The number of para-hydroxylation sites is 1. The van der Waals surface area contributed by atoms with Gasteiger partial charge in [0.1, 0.15) is 23.8 Å². The first-order chi connectivity index (χ1) is 40.1. The summed E-state index contributed by atoms with van der Waals surface area (Å²) >= 11 is 1.60. The van der Waals surface area contributed by atoms with E-state index in [1.807, 2.05) is 87.9 Å². The molecule has 2 amide bonds. The number of piperidine rings is 1. The zero-order valence-corrected chi connectivity index (χ0v) is 49.6. The highest BCUT2D eigenvalue weighted by molar-refractivity contribution is 7.13. The van der Waals surface area contributed by atoms with Gasteiger partial charge < -0.3 is 50.1 Å². The van der Waals surface area contributed by atoms with E-state index in [2.05, 4.69) is 81.1 Å². The number of likely N-dealkylation sites (tertiary alicyclic amines) is 1. The minimum atomic E-state index is -0.802. The van der Waals surface area contributed by atoms with Gasteiger partial charge >= 0.3 is 0 Å². The summed E-state index contributed by atoms with van der Waals surface area (Å²) in [5.41, 5.74) is 14.5. The number of benzene rings is 2. The van der Waals surface area contributed by atoms with E-state index in [4.69, 9.17) is 15.0 Å². The topological polar surface area (TPSA) is 219 Å². The molecule has 6 aromatic rings. The van der Waals surface area contributed by atoms with Crippen LogP contribution < -0.4 is 30.5 Å². The number of aromatic hydroxyl groups is 1.